The molecule has 1 aliphatic rings. The molecule has 1 aliphatic heterocycles. The van der Waals surface area contributed by atoms with Gasteiger partial charge in [0, 0.05) is 49.0 Å². The van der Waals surface area contributed by atoms with E-state index in [1.807, 2.05) is 13.1 Å². The molecule has 6 nitrogen and oxygen atoms in total. The van der Waals surface area contributed by atoms with Gasteiger partial charge in [0.25, 0.3) is 0 Å². The second-order valence-corrected chi connectivity index (χ2v) is 7.71. The van der Waals surface area contributed by atoms with Gasteiger partial charge in [0.15, 0.2) is 0 Å². The second-order valence-electron chi connectivity index (χ2n) is 4.82. The first-order valence-corrected chi connectivity index (χ1v) is 9.05. The molecular formula is C12H19BrN4O2S. The monoisotopic (exact) mass is 362 g/mol. The second kappa shape index (κ2) is 6.38. The molecule has 0 radical (unpaired) electrons. The van der Waals surface area contributed by atoms with E-state index in [2.05, 4.69) is 31.1 Å². The summed E-state index contributed by atoms with van der Waals surface area (Å²) in [6, 6.07) is 2.04. The maximum atomic E-state index is 11.5. The summed E-state index contributed by atoms with van der Waals surface area (Å²) in [6.07, 6.45) is 3.03. The van der Waals surface area contributed by atoms with Gasteiger partial charge >= 0.3 is 0 Å². The fourth-order valence-electron chi connectivity index (χ4n) is 2.31. The number of piperazine rings is 1. The molecule has 20 heavy (non-hydrogen) atoms. The zero-order valence-corrected chi connectivity index (χ0v) is 14.0. The minimum atomic E-state index is -3.09. The van der Waals surface area contributed by atoms with Crippen molar-refractivity contribution in [3.8, 4) is 0 Å². The van der Waals surface area contributed by atoms with Crippen molar-refractivity contribution in [2.24, 2.45) is 0 Å². The van der Waals surface area contributed by atoms with Gasteiger partial charge < -0.3 is 10.2 Å². The van der Waals surface area contributed by atoms with Gasteiger partial charge in [-0.15, -0.1) is 0 Å². The quantitative estimate of drug-likeness (QED) is 0.851. The summed E-state index contributed by atoms with van der Waals surface area (Å²) < 4.78 is 25.5. The molecule has 0 aromatic carbocycles. The highest BCUT2D eigenvalue weighted by atomic mass is 79.9. The van der Waals surface area contributed by atoms with Crippen LogP contribution in [0.5, 0.6) is 0 Å². The minimum absolute atomic E-state index is 0.509. The number of anilines is 1. The van der Waals surface area contributed by atoms with Crippen LogP contribution in [-0.4, -0.2) is 57.2 Å². The zero-order valence-electron chi connectivity index (χ0n) is 11.6. The Bertz CT molecular complexity index is 571. The Labute approximate surface area is 128 Å². The Hall–Kier alpha value is -0.700. The van der Waals surface area contributed by atoms with E-state index in [1.165, 1.54) is 10.6 Å². The molecule has 0 atom stereocenters. The predicted octanol–water partition coefficient (Wildman–Crippen LogP) is 0.645. The van der Waals surface area contributed by atoms with E-state index < -0.39 is 10.0 Å². The highest BCUT2D eigenvalue weighted by molar-refractivity contribution is 9.10. The Kier molecular flexibility index (Phi) is 5.00. The Morgan fingerprint density at radius 3 is 2.55 bits per heavy atom. The molecule has 0 unspecified atom stereocenters. The van der Waals surface area contributed by atoms with Crippen LogP contribution in [0.2, 0.25) is 0 Å². The SMILES string of the molecule is CNCc1cc(Br)cnc1N1CCN(S(C)(=O)=O)CC1. The minimum Gasteiger partial charge on any atom is -0.354 e. The molecule has 1 aromatic heterocycles. The van der Waals surface area contributed by atoms with Crippen LogP contribution in [0.25, 0.3) is 0 Å². The van der Waals surface area contributed by atoms with Crippen LogP contribution in [0.15, 0.2) is 16.7 Å². The van der Waals surface area contributed by atoms with Gasteiger partial charge in [-0.1, -0.05) is 0 Å². The lowest BCUT2D eigenvalue weighted by atomic mass is 10.2. The van der Waals surface area contributed by atoms with Gasteiger partial charge in [0.1, 0.15) is 5.82 Å². The maximum absolute atomic E-state index is 11.5. The smallest absolute Gasteiger partial charge is 0.211 e. The molecule has 8 heteroatoms. The van der Waals surface area contributed by atoms with E-state index in [9.17, 15) is 8.42 Å². The number of hydrogen-bond donors (Lipinski definition) is 1. The molecule has 2 rings (SSSR count). The number of halogens is 1. The van der Waals surface area contributed by atoms with Crippen LogP contribution in [0.3, 0.4) is 0 Å². The van der Waals surface area contributed by atoms with E-state index in [-0.39, 0.29) is 0 Å². The van der Waals surface area contributed by atoms with Crippen LogP contribution in [0, 0.1) is 0 Å². The number of nitrogens with zero attached hydrogens (tertiary/aromatic N) is 3. The summed E-state index contributed by atoms with van der Waals surface area (Å²) in [6.45, 7) is 3.08. The first-order chi connectivity index (χ1) is 9.41. The van der Waals surface area contributed by atoms with E-state index in [4.69, 9.17) is 0 Å². The average molecular weight is 363 g/mol. The molecule has 2 heterocycles. The third-order valence-electron chi connectivity index (χ3n) is 3.28. The Morgan fingerprint density at radius 2 is 2.00 bits per heavy atom. The molecule has 0 saturated carbocycles. The van der Waals surface area contributed by atoms with Crippen molar-refractivity contribution in [3.05, 3.63) is 22.3 Å². The van der Waals surface area contributed by atoms with E-state index in [1.54, 1.807) is 6.20 Å². The highest BCUT2D eigenvalue weighted by Crippen LogP contribution is 2.23. The zero-order chi connectivity index (χ0) is 14.8. The number of sulfonamides is 1. The predicted molar refractivity (Wildman–Crippen MR) is 83.3 cm³/mol. The molecule has 1 fully saturated rings. The van der Waals surface area contributed by atoms with Crippen molar-refractivity contribution in [2.75, 3.05) is 44.4 Å². The van der Waals surface area contributed by atoms with Crippen molar-refractivity contribution in [1.29, 1.82) is 0 Å². The standard InChI is InChI=1S/C12H19BrN4O2S/c1-14-8-10-7-11(13)9-15-12(10)16-3-5-17(6-4-16)20(2,18)19/h7,9,14H,3-6,8H2,1-2H3. The molecule has 0 bridgehead atoms. The topological polar surface area (TPSA) is 65.5 Å². The molecule has 1 aromatic rings. The third kappa shape index (κ3) is 3.69. The van der Waals surface area contributed by atoms with Crippen LogP contribution >= 0.6 is 15.9 Å². The fourth-order valence-corrected chi connectivity index (χ4v) is 3.52. The summed E-state index contributed by atoms with van der Waals surface area (Å²) >= 11 is 3.43. The number of aromatic nitrogens is 1. The molecule has 112 valence electrons. The van der Waals surface area contributed by atoms with Crippen LogP contribution in [-0.2, 0) is 16.6 Å². The number of nitrogens with one attached hydrogen (secondary N) is 1. The molecular weight excluding hydrogens is 344 g/mol. The van der Waals surface area contributed by atoms with Crippen molar-refractivity contribution < 1.29 is 8.42 Å². The van der Waals surface area contributed by atoms with Crippen LogP contribution in [0.4, 0.5) is 5.82 Å². The lowest BCUT2D eigenvalue weighted by Crippen LogP contribution is -2.48. The number of pyridine rings is 1. The highest BCUT2D eigenvalue weighted by Gasteiger charge is 2.25. The van der Waals surface area contributed by atoms with E-state index in [0.29, 0.717) is 26.2 Å². The molecule has 0 amide bonds. The molecule has 0 aliphatic carbocycles. The Morgan fingerprint density at radius 1 is 1.35 bits per heavy atom. The fraction of sp³-hybridized carbons (Fsp3) is 0.583. The molecule has 1 N–H and O–H groups in total. The first kappa shape index (κ1) is 15.7. The van der Waals surface area contributed by atoms with Crippen molar-refractivity contribution in [1.82, 2.24) is 14.6 Å². The van der Waals surface area contributed by atoms with Gasteiger partial charge in [-0.25, -0.2) is 13.4 Å². The van der Waals surface area contributed by atoms with Crippen molar-refractivity contribution in [2.45, 2.75) is 6.54 Å². The normalized spacial score (nSPS) is 17.4. The van der Waals surface area contributed by atoms with Crippen molar-refractivity contribution >= 4 is 31.8 Å². The first-order valence-electron chi connectivity index (χ1n) is 6.41. The van der Waals surface area contributed by atoms with Crippen LogP contribution in [0.1, 0.15) is 5.56 Å². The van der Waals surface area contributed by atoms with Gasteiger partial charge in [0.05, 0.1) is 6.26 Å². The Balaban J connectivity index is 2.14. The number of rotatable bonds is 4. The summed E-state index contributed by atoms with van der Waals surface area (Å²) in [5, 5.41) is 3.13. The van der Waals surface area contributed by atoms with Gasteiger partial charge in [-0.3, -0.25) is 0 Å². The summed E-state index contributed by atoms with van der Waals surface area (Å²) in [7, 11) is -1.20. The van der Waals surface area contributed by atoms with Gasteiger partial charge in [0.2, 0.25) is 10.0 Å². The van der Waals surface area contributed by atoms with E-state index >= 15 is 0 Å². The summed E-state index contributed by atoms with van der Waals surface area (Å²) in [5.74, 6) is 0.927. The number of hydrogen-bond acceptors (Lipinski definition) is 5. The largest absolute Gasteiger partial charge is 0.354 e. The lowest BCUT2D eigenvalue weighted by molar-refractivity contribution is 0.386. The third-order valence-corrected chi connectivity index (χ3v) is 5.02. The van der Waals surface area contributed by atoms with Crippen LogP contribution < -0.4 is 10.2 Å². The van der Waals surface area contributed by atoms with Gasteiger partial charge in [-0.05, 0) is 29.0 Å². The average Bonchev–Trinajstić information content (AvgIpc) is 2.38. The molecule has 0 spiro atoms. The summed E-state index contributed by atoms with van der Waals surface area (Å²) in [5.41, 5.74) is 1.11. The van der Waals surface area contributed by atoms with Crippen molar-refractivity contribution in [3.63, 3.8) is 0 Å². The van der Waals surface area contributed by atoms with E-state index in [0.717, 1.165) is 22.4 Å². The maximum Gasteiger partial charge on any atom is 0.211 e. The summed E-state index contributed by atoms with van der Waals surface area (Å²) in [4.78, 5) is 6.62. The van der Waals surface area contributed by atoms with Gasteiger partial charge in [-0.2, -0.15) is 4.31 Å². The molecule has 1 saturated heterocycles. The lowest BCUT2D eigenvalue weighted by Gasteiger charge is -2.35.